The van der Waals surface area contributed by atoms with E-state index in [-0.39, 0.29) is 4.90 Å². The maximum atomic E-state index is 12.5. The summed E-state index contributed by atoms with van der Waals surface area (Å²) in [7, 11) is -2.62. The summed E-state index contributed by atoms with van der Waals surface area (Å²) in [5.41, 5.74) is 2.32. The van der Waals surface area contributed by atoms with Gasteiger partial charge >= 0.3 is 5.97 Å². The van der Waals surface area contributed by atoms with Crippen LogP contribution in [-0.2, 0) is 19.6 Å². The molecule has 6 heteroatoms. The number of sulfonamides is 1. The smallest absolute Gasteiger partial charge is 0.328 e. The molecule has 122 valence electrons. The van der Waals surface area contributed by atoms with Crippen LogP contribution in [0.3, 0.4) is 0 Å². The second-order valence-electron chi connectivity index (χ2n) is 5.25. The molecule has 1 atom stereocenters. The average molecular weight is 333 g/mol. The molecule has 2 aromatic carbocycles. The zero-order valence-electron chi connectivity index (χ0n) is 13.2. The molecule has 2 aromatic rings. The maximum absolute atomic E-state index is 12.5. The fraction of sp³-hybridized carbons (Fsp3) is 0.235. The Hall–Kier alpha value is -2.18. The minimum absolute atomic E-state index is 0.102. The van der Waals surface area contributed by atoms with Gasteiger partial charge in [0.05, 0.1) is 12.0 Å². The third kappa shape index (κ3) is 3.97. The predicted octanol–water partition coefficient (Wildman–Crippen LogP) is 2.50. The quantitative estimate of drug-likeness (QED) is 0.853. The van der Waals surface area contributed by atoms with Gasteiger partial charge in [-0.1, -0.05) is 42.0 Å². The number of aryl methyl sites for hydroxylation is 2. The molecule has 0 unspecified atom stereocenters. The molecule has 2 rings (SSSR count). The van der Waals surface area contributed by atoms with Gasteiger partial charge in [-0.3, -0.25) is 0 Å². The van der Waals surface area contributed by atoms with Crippen molar-refractivity contribution < 1.29 is 17.9 Å². The molecule has 0 saturated carbocycles. The average Bonchev–Trinajstić information content (AvgIpc) is 2.53. The summed E-state index contributed by atoms with van der Waals surface area (Å²) >= 11 is 0. The number of nitrogens with one attached hydrogen (secondary N) is 1. The van der Waals surface area contributed by atoms with Crippen LogP contribution in [0.15, 0.2) is 53.4 Å². The molecule has 23 heavy (non-hydrogen) atoms. The molecule has 0 fully saturated rings. The van der Waals surface area contributed by atoms with Crippen LogP contribution in [0.2, 0.25) is 0 Å². The summed E-state index contributed by atoms with van der Waals surface area (Å²) in [4.78, 5) is 12.2. The first-order valence-corrected chi connectivity index (χ1v) is 8.56. The number of ether oxygens (including phenoxy) is 1. The van der Waals surface area contributed by atoms with Gasteiger partial charge < -0.3 is 4.74 Å². The summed E-state index contributed by atoms with van der Waals surface area (Å²) < 4.78 is 32.3. The molecule has 0 spiro atoms. The van der Waals surface area contributed by atoms with E-state index >= 15 is 0 Å². The SMILES string of the molecule is COC(=O)[C@@H](NS(=O)(=O)c1ccc(C)cc1)c1ccccc1C. The molecule has 0 aliphatic carbocycles. The zero-order valence-corrected chi connectivity index (χ0v) is 14.1. The summed E-state index contributed by atoms with van der Waals surface area (Å²) in [5.74, 6) is -0.657. The van der Waals surface area contributed by atoms with Gasteiger partial charge in [0, 0.05) is 0 Å². The van der Waals surface area contributed by atoms with Gasteiger partial charge in [-0.05, 0) is 37.1 Å². The van der Waals surface area contributed by atoms with Crippen molar-refractivity contribution in [2.24, 2.45) is 0 Å². The monoisotopic (exact) mass is 333 g/mol. The van der Waals surface area contributed by atoms with Crippen LogP contribution < -0.4 is 4.72 Å². The highest BCUT2D eigenvalue weighted by molar-refractivity contribution is 7.89. The Morgan fingerprint density at radius 2 is 1.65 bits per heavy atom. The lowest BCUT2D eigenvalue weighted by Gasteiger charge is -2.19. The minimum atomic E-state index is -3.85. The molecule has 0 aromatic heterocycles. The largest absolute Gasteiger partial charge is 0.468 e. The summed E-state index contributed by atoms with van der Waals surface area (Å²) in [6, 6.07) is 12.4. The van der Waals surface area contributed by atoms with Crippen molar-refractivity contribution in [3.8, 4) is 0 Å². The third-order valence-corrected chi connectivity index (χ3v) is 4.98. The van der Waals surface area contributed by atoms with Crippen molar-refractivity contribution in [3.63, 3.8) is 0 Å². The molecular weight excluding hydrogens is 314 g/mol. The van der Waals surface area contributed by atoms with Crippen molar-refractivity contribution in [1.82, 2.24) is 4.72 Å². The van der Waals surface area contributed by atoms with Gasteiger partial charge in [-0.25, -0.2) is 13.2 Å². The highest BCUT2D eigenvalue weighted by Gasteiger charge is 2.28. The van der Waals surface area contributed by atoms with Crippen molar-refractivity contribution in [2.75, 3.05) is 7.11 Å². The summed E-state index contributed by atoms with van der Waals surface area (Å²) in [6.07, 6.45) is 0. The van der Waals surface area contributed by atoms with E-state index in [0.29, 0.717) is 5.56 Å². The van der Waals surface area contributed by atoms with Crippen LogP contribution in [-0.4, -0.2) is 21.5 Å². The zero-order chi connectivity index (χ0) is 17.0. The molecule has 0 heterocycles. The highest BCUT2D eigenvalue weighted by atomic mass is 32.2. The fourth-order valence-electron chi connectivity index (χ4n) is 2.21. The molecule has 0 aliphatic heterocycles. The molecule has 1 N–H and O–H groups in total. The highest BCUT2D eigenvalue weighted by Crippen LogP contribution is 2.22. The Morgan fingerprint density at radius 3 is 2.22 bits per heavy atom. The Labute approximate surface area is 136 Å². The van der Waals surface area contributed by atoms with Crippen LogP contribution in [0.5, 0.6) is 0 Å². The molecule has 0 radical (unpaired) electrons. The van der Waals surface area contributed by atoms with E-state index in [1.807, 2.05) is 26.0 Å². The standard InChI is InChI=1S/C17H19NO4S/c1-12-8-10-14(11-9-12)23(20,21)18-16(17(19)22-3)15-7-5-4-6-13(15)2/h4-11,16,18H,1-3H3/t16-/m0/s1. The molecule has 5 nitrogen and oxygen atoms in total. The number of rotatable bonds is 5. The first kappa shape index (κ1) is 17.2. The number of carbonyl (C=O) groups excluding carboxylic acids is 1. The number of carbonyl (C=O) groups is 1. The first-order chi connectivity index (χ1) is 10.8. The summed E-state index contributed by atoms with van der Waals surface area (Å²) in [5, 5.41) is 0. The van der Waals surface area contributed by atoms with E-state index < -0.39 is 22.0 Å². The molecule has 0 amide bonds. The van der Waals surface area contributed by atoms with Crippen molar-refractivity contribution in [2.45, 2.75) is 24.8 Å². The second-order valence-corrected chi connectivity index (χ2v) is 6.96. The van der Waals surface area contributed by atoms with Gasteiger partial charge in [-0.15, -0.1) is 0 Å². The molecule has 0 bridgehead atoms. The minimum Gasteiger partial charge on any atom is -0.468 e. The van der Waals surface area contributed by atoms with Crippen LogP contribution in [0.4, 0.5) is 0 Å². The second kappa shape index (κ2) is 6.93. The molecule has 0 saturated heterocycles. The Morgan fingerprint density at radius 1 is 1.04 bits per heavy atom. The molecule has 0 aliphatic rings. The Bertz CT molecular complexity index is 798. The van der Waals surface area contributed by atoms with Gasteiger partial charge in [0.15, 0.2) is 0 Å². The topological polar surface area (TPSA) is 72.5 Å². The van der Waals surface area contributed by atoms with Crippen molar-refractivity contribution in [1.29, 1.82) is 0 Å². The van der Waals surface area contributed by atoms with Crippen molar-refractivity contribution >= 4 is 16.0 Å². The van der Waals surface area contributed by atoms with Gasteiger partial charge in [0.2, 0.25) is 10.0 Å². The van der Waals surface area contributed by atoms with Crippen molar-refractivity contribution in [3.05, 3.63) is 65.2 Å². The Kier molecular flexibility index (Phi) is 5.18. The number of esters is 1. The number of hydrogen-bond donors (Lipinski definition) is 1. The number of methoxy groups -OCH3 is 1. The van der Waals surface area contributed by atoms with Crippen LogP contribution in [0.1, 0.15) is 22.7 Å². The first-order valence-electron chi connectivity index (χ1n) is 7.07. The number of benzene rings is 2. The van der Waals surface area contributed by atoms with E-state index in [0.717, 1.165) is 11.1 Å². The van der Waals surface area contributed by atoms with Gasteiger partial charge in [-0.2, -0.15) is 4.72 Å². The third-order valence-electron chi connectivity index (χ3n) is 3.54. The lowest BCUT2D eigenvalue weighted by molar-refractivity contribution is -0.142. The Balaban J connectivity index is 2.40. The maximum Gasteiger partial charge on any atom is 0.328 e. The normalized spacial score (nSPS) is 12.7. The summed E-state index contributed by atoms with van der Waals surface area (Å²) in [6.45, 7) is 3.68. The van der Waals surface area contributed by atoms with Crippen LogP contribution in [0.25, 0.3) is 0 Å². The fourth-order valence-corrected chi connectivity index (χ4v) is 3.37. The van der Waals surface area contributed by atoms with Gasteiger partial charge in [0.25, 0.3) is 0 Å². The van der Waals surface area contributed by atoms with E-state index in [1.54, 1.807) is 24.3 Å². The van der Waals surface area contributed by atoms with E-state index in [9.17, 15) is 13.2 Å². The lowest BCUT2D eigenvalue weighted by atomic mass is 10.0. The predicted molar refractivity (Wildman–Crippen MR) is 87.4 cm³/mol. The van der Waals surface area contributed by atoms with Crippen LogP contribution in [0, 0.1) is 13.8 Å². The van der Waals surface area contributed by atoms with E-state index in [1.165, 1.54) is 19.2 Å². The van der Waals surface area contributed by atoms with Crippen LogP contribution >= 0.6 is 0 Å². The molecular formula is C17H19NO4S. The lowest BCUT2D eigenvalue weighted by Crippen LogP contribution is -2.35. The van der Waals surface area contributed by atoms with Gasteiger partial charge in [0.1, 0.15) is 6.04 Å². The number of hydrogen-bond acceptors (Lipinski definition) is 4. The van der Waals surface area contributed by atoms with E-state index in [2.05, 4.69) is 4.72 Å². The van der Waals surface area contributed by atoms with E-state index in [4.69, 9.17) is 4.74 Å².